The van der Waals surface area contributed by atoms with Gasteiger partial charge in [-0.05, 0) is 12.1 Å². The summed E-state index contributed by atoms with van der Waals surface area (Å²) in [6.45, 7) is 4.80. The number of ether oxygens (including phenoxy) is 1. The van der Waals surface area contributed by atoms with Gasteiger partial charge in [0.25, 0.3) is 0 Å². The van der Waals surface area contributed by atoms with Crippen molar-refractivity contribution in [3.05, 3.63) is 30.3 Å². The maximum absolute atomic E-state index is 11.5. The van der Waals surface area contributed by atoms with Crippen LogP contribution in [0.25, 0.3) is 0 Å². The summed E-state index contributed by atoms with van der Waals surface area (Å²) in [6.07, 6.45) is 0. The predicted octanol–water partition coefficient (Wildman–Crippen LogP) is 0.904. The van der Waals surface area contributed by atoms with E-state index in [1.54, 1.807) is 4.90 Å². The van der Waals surface area contributed by atoms with Crippen LogP contribution in [-0.2, 0) is 4.74 Å². The van der Waals surface area contributed by atoms with Gasteiger partial charge in [0.1, 0.15) is 0 Å². The smallest absolute Gasteiger partial charge is 0.319 e. The zero-order chi connectivity index (χ0) is 12.8. The van der Waals surface area contributed by atoms with Crippen LogP contribution in [0.2, 0.25) is 0 Å². The summed E-state index contributed by atoms with van der Waals surface area (Å²) in [6, 6.07) is 9.10. The first-order chi connectivity index (χ1) is 8.77. The molecule has 0 saturated carbocycles. The second kappa shape index (κ2) is 6.37. The minimum absolute atomic E-state index is 0.408. The molecule has 0 aromatic heterocycles. The van der Waals surface area contributed by atoms with Crippen LogP contribution in [-0.4, -0.2) is 50.3 Å². The highest BCUT2D eigenvalue weighted by Gasteiger charge is 2.15. The fourth-order valence-corrected chi connectivity index (χ4v) is 2.04. The molecule has 2 N–H and O–H groups in total. The number of carbonyl (C=O) groups excluding carboxylic acids is 1. The minimum Gasteiger partial charge on any atom is -0.379 e. The molecule has 1 aliphatic rings. The molecule has 0 aliphatic carbocycles. The molecule has 1 heterocycles. The Morgan fingerprint density at radius 1 is 1.28 bits per heavy atom. The number of primary amides is 1. The molecule has 98 valence electrons. The molecule has 0 spiro atoms. The Morgan fingerprint density at radius 2 is 1.94 bits per heavy atom. The molecule has 1 aromatic rings. The first-order valence-corrected chi connectivity index (χ1v) is 6.19. The van der Waals surface area contributed by atoms with E-state index < -0.39 is 6.03 Å². The Balaban J connectivity index is 1.92. The largest absolute Gasteiger partial charge is 0.379 e. The van der Waals surface area contributed by atoms with Crippen molar-refractivity contribution in [1.82, 2.24) is 4.90 Å². The molecule has 1 aliphatic heterocycles. The summed E-state index contributed by atoms with van der Waals surface area (Å²) in [4.78, 5) is 15.4. The van der Waals surface area contributed by atoms with Crippen LogP contribution in [0.5, 0.6) is 0 Å². The van der Waals surface area contributed by atoms with Gasteiger partial charge in [-0.25, -0.2) is 4.79 Å². The normalized spacial score (nSPS) is 16.4. The lowest BCUT2D eigenvalue weighted by atomic mass is 10.3. The molecule has 2 amide bonds. The van der Waals surface area contributed by atoms with Crippen molar-refractivity contribution in [3.8, 4) is 0 Å². The van der Waals surface area contributed by atoms with Crippen molar-refractivity contribution in [2.45, 2.75) is 0 Å². The summed E-state index contributed by atoms with van der Waals surface area (Å²) >= 11 is 0. The van der Waals surface area contributed by atoms with E-state index in [0.29, 0.717) is 6.54 Å². The number of amides is 2. The molecule has 1 fully saturated rings. The van der Waals surface area contributed by atoms with Crippen molar-refractivity contribution in [1.29, 1.82) is 0 Å². The standard InChI is InChI=1S/C13H19N3O2/c14-13(17)16(12-4-2-1-3-5-12)7-6-15-8-10-18-11-9-15/h1-5H,6-11H2,(H2,14,17). The Kier molecular flexibility index (Phi) is 4.55. The predicted molar refractivity (Wildman–Crippen MR) is 70.6 cm³/mol. The van der Waals surface area contributed by atoms with Gasteiger partial charge in [-0.15, -0.1) is 0 Å². The number of rotatable bonds is 4. The highest BCUT2D eigenvalue weighted by atomic mass is 16.5. The Bertz CT molecular complexity index is 377. The molecule has 1 aromatic carbocycles. The Hall–Kier alpha value is -1.59. The molecule has 0 bridgehead atoms. The second-order valence-corrected chi connectivity index (χ2v) is 4.28. The van der Waals surface area contributed by atoms with Crippen LogP contribution in [0.3, 0.4) is 0 Å². The minimum atomic E-state index is -0.408. The third-order valence-electron chi connectivity index (χ3n) is 3.08. The lowest BCUT2D eigenvalue weighted by molar-refractivity contribution is 0.0393. The summed E-state index contributed by atoms with van der Waals surface area (Å²) < 4.78 is 5.29. The van der Waals surface area contributed by atoms with Gasteiger partial charge in [0, 0.05) is 31.9 Å². The number of benzene rings is 1. The van der Waals surface area contributed by atoms with Gasteiger partial charge in [0.15, 0.2) is 0 Å². The molecule has 0 radical (unpaired) electrons. The van der Waals surface area contributed by atoms with Gasteiger partial charge < -0.3 is 10.5 Å². The summed E-state index contributed by atoms with van der Waals surface area (Å²) in [5.74, 6) is 0. The molecule has 2 rings (SSSR count). The summed E-state index contributed by atoms with van der Waals surface area (Å²) in [5, 5.41) is 0. The van der Waals surface area contributed by atoms with Crippen molar-refractivity contribution >= 4 is 11.7 Å². The topological polar surface area (TPSA) is 58.8 Å². The van der Waals surface area contributed by atoms with Gasteiger partial charge in [-0.1, -0.05) is 18.2 Å². The Labute approximate surface area is 107 Å². The second-order valence-electron chi connectivity index (χ2n) is 4.28. The van der Waals surface area contributed by atoms with Gasteiger partial charge in [-0.2, -0.15) is 0 Å². The number of nitrogens with two attached hydrogens (primary N) is 1. The maximum atomic E-state index is 11.5. The molecule has 1 saturated heterocycles. The van der Waals surface area contributed by atoms with E-state index in [2.05, 4.69) is 4.90 Å². The quantitative estimate of drug-likeness (QED) is 0.862. The fraction of sp³-hybridized carbons (Fsp3) is 0.462. The van der Waals surface area contributed by atoms with E-state index in [1.165, 1.54) is 0 Å². The highest BCUT2D eigenvalue weighted by Crippen LogP contribution is 2.12. The number of carbonyl (C=O) groups is 1. The zero-order valence-electron chi connectivity index (χ0n) is 10.4. The third-order valence-corrected chi connectivity index (χ3v) is 3.08. The van der Waals surface area contributed by atoms with Crippen molar-refractivity contribution in [2.24, 2.45) is 5.73 Å². The lowest BCUT2D eigenvalue weighted by Crippen LogP contribution is -2.44. The van der Waals surface area contributed by atoms with Gasteiger partial charge in [0.05, 0.1) is 13.2 Å². The van der Waals surface area contributed by atoms with Crippen molar-refractivity contribution in [3.63, 3.8) is 0 Å². The maximum Gasteiger partial charge on any atom is 0.319 e. The number of para-hydroxylation sites is 1. The molecule has 0 unspecified atom stereocenters. The van der Waals surface area contributed by atoms with Gasteiger partial charge in [0.2, 0.25) is 0 Å². The molecule has 18 heavy (non-hydrogen) atoms. The van der Waals surface area contributed by atoms with Crippen molar-refractivity contribution < 1.29 is 9.53 Å². The average molecular weight is 249 g/mol. The molecule has 0 atom stereocenters. The number of urea groups is 1. The fourth-order valence-electron chi connectivity index (χ4n) is 2.04. The van der Waals surface area contributed by atoms with Gasteiger partial charge >= 0.3 is 6.03 Å². The number of morpholine rings is 1. The Morgan fingerprint density at radius 3 is 2.56 bits per heavy atom. The van der Waals surface area contributed by atoms with E-state index in [9.17, 15) is 4.79 Å². The number of anilines is 1. The van der Waals surface area contributed by atoms with Crippen LogP contribution in [0.1, 0.15) is 0 Å². The molecular formula is C13H19N3O2. The number of hydrogen-bond acceptors (Lipinski definition) is 3. The molecule has 5 nitrogen and oxygen atoms in total. The first kappa shape index (κ1) is 12.9. The monoisotopic (exact) mass is 249 g/mol. The van der Waals surface area contributed by atoms with E-state index in [0.717, 1.165) is 38.5 Å². The van der Waals surface area contributed by atoms with E-state index >= 15 is 0 Å². The van der Waals surface area contributed by atoms with Crippen LogP contribution in [0.4, 0.5) is 10.5 Å². The molecular weight excluding hydrogens is 230 g/mol. The van der Waals surface area contributed by atoms with E-state index in [1.807, 2.05) is 30.3 Å². The summed E-state index contributed by atoms with van der Waals surface area (Å²) in [5.41, 5.74) is 6.27. The SMILES string of the molecule is NC(=O)N(CCN1CCOCC1)c1ccccc1. The van der Waals surface area contributed by atoms with Crippen LogP contribution < -0.4 is 10.6 Å². The van der Waals surface area contributed by atoms with Gasteiger partial charge in [-0.3, -0.25) is 9.80 Å². The third kappa shape index (κ3) is 3.45. The lowest BCUT2D eigenvalue weighted by Gasteiger charge is -2.29. The first-order valence-electron chi connectivity index (χ1n) is 6.19. The van der Waals surface area contributed by atoms with Crippen molar-refractivity contribution in [2.75, 3.05) is 44.3 Å². The number of nitrogens with zero attached hydrogens (tertiary/aromatic N) is 2. The zero-order valence-corrected chi connectivity index (χ0v) is 10.4. The average Bonchev–Trinajstić information content (AvgIpc) is 2.41. The van der Waals surface area contributed by atoms with E-state index in [-0.39, 0.29) is 0 Å². The van der Waals surface area contributed by atoms with Crippen LogP contribution >= 0.6 is 0 Å². The van der Waals surface area contributed by atoms with E-state index in [4.69, 9.17) is 10.5 Å². The summed E-state index contributed by atoms with van der Waals surface area (Å²) in [7, 11) is 0. The van der Waals surface area contributed by atoms with Crippen LogP contribution in [0, 0.1) is 0 Å². The highest BCUT2D eigenvalue weighted by molar-refractivity contribution is 5.90. The number of hydrogen-bond donors (Lipinski definition) is 1. The van der Waals surface area contributed by atoms with Crippen LogP contribution in [0.15, 0.2) is 30.3 Å². The molecule has 5 heteroatoms.